The van der Waals surface area contributed by atoms with Gasteiger partial charge in [0.2, 0.25) is 0 Å². The van der Waals surface area contributed by atoms with E-state index in [1.807, 2.05) is 6.07 Å². The molecule has 2 heterocycles. The summed E-state index contributed by atoms with van der Waals surface area (Å²) in [5, 5.41) is 10.9. The number of nitrogens with zero attached hydrogens (tertiary/aromatic N) is 3. The Kier molecular flexibility index (Phi) is 9.49. The Morgan fingerprint density at radius 1 is 1.11 bits per heavy atom. The van der Waals surface area contributed by atoms with Crippen LogP contribution in [0.2, 0.25) is 0 Å². The maximum atomic E-state index is 14.1. The molecule has 0 saturated carbocycles. The van der Waals surface area contributed by atoms with Gasteiger partial charge in [-0.1, -0.05) is 39.4 Å². The quantitative estimate of drug-likeness (QED) is 0.128. The Bertz CT molecular complexity index is 2000. The van der Waals surface area contributed by atoms with Gasteiger partial charge < -0.3 is 18.9 Å². The molecule has 13 heteroatoms. The minimum Gasteiger partial charge on any atom is -0.493 e. The fourth-order valence-corrected chi connectivity index (χ4v) is 6.48. The first-order valence-electron chi connectivity index (χ1n) is 13.7. The fraction of sp³-hybridized carbons (Fsp3) is 0.219. The van der Waals surface area contributed by atoms with Crippen LogP contribution in [-0.2, 0) is 16.1 Å². The van der Waals surface area contributed by atoms with Gasteiger partial charge >= 0.3 is 5.97 Å². The number of nitro groups is 1. The minimum absolute atomic E-state index is 0.00695. The van der Waals surface area contributed by atoms with E-state index in [4.69, 9.17) is 18.9 Å². The fourth-order valence-electron chi connectivity index (χ4n) is 4.89. The van der Waals surface area contributed by atoms with Crippen molar-refractivity contribution in [1.29, 1.82) is 0 Å². The number of methoxy groups -OCH3 is 2. The number of thiazole rings is 1. The Hall–Kier alpha value is -4.75. The lowest BCUT2D eigenvalue weighted by Crippen LogP contribution is -2.40. The molecule has 1 aliphatic heterocycles. The first kappa shape index (κ1) is 31.7. The summed E-state index contributed by atoms with van der Waals surface area (Å²) in [6, 6.07) is 16.0. The molecule has 11 nitrogen and oxygen atoms in total. The number of allylic oxidation sites excluding steroid dienone is 1. The summed E-state index contributed by atoms with van der Waals surface area (Å²) in [5.74, 6) is 0.899. The number of hydrogen-bond donors (Lipinski definition) is 0. The van der Waals surface area contributed by atoms with Crippen molar-refractivity contribution in [2.75, 3.05) is 20.8 Å². The molecule has 1 aliphatic rings. The van der Waals surface area contributed by atoms with Crippen molar-refractivity contribution >= 4 is 45.0 Å². The molecule has 0 fully saturated rings. The summed E-state index contributed by atoms with van der Waals surface area (Å²) in [7, 11) is 3.04. The lowest BCUT2D eigenvalue weighted by Gasteiger charge is -2.26. The van der Waals surface area contributed by atoms with E-state index >= 15 is 0 Å². The molecule has 0 unspecified atom stereocenters. The van der Waals surface area contributed by atoms with Gasteiger partial charge in [-0.3, -0.25) is 19.5 Å². The highest BCUT2D eigenvalue weighted by Crippen LogP contribution is 2.40. The maximum absolute atomic E-state index is 14.1. The van der Waals surface area contributed by atoms with Crippen LogP contribution in [0.25, 0.3) is 6.08 Å². The summed E-state index contributed by atoms with van der Waals surface area (Å²) < 4.78 is 24.8. The third kappa shape index (κ3) is 6.54. The highest BCUT2D eigenvalue weighted by atomic mass is 79.9. The molecule has 0 aliphatic carbocycles. The van der Waals surface area contributed by atoms with E-state index in [0.717, 1.165) is 5.56 Å². The molecular weight excluding hydrogens is 666 g/mol. The van der Waals surface area contributed by atoms with Gasteiger partial charge in [-0.2, -0.15) is 0 Å². The number of fused-ring (bicyclic) bond motifs is 1. The third-order valence-electron chi connectivity index (χ3n) is 7.02. The zero-order valence-corrected chi connectivity index (χ0v) is 27.1. The normalized spacial score (nSPS) is 14.4. The first-order valence-corrected chi connectivity index (χ1v) is 15.3. The average molecular weight is 695 g/mol. The molecule has 0 N–H and O–H groups in total. The number of rotatable bonds is 10. The predicted molar refractivity (Wildman–Crippen MR) is 172 cm³/mol. The molecule has 4 aromatic rings. The molecule has 0 saturated heterocycles. The van der Waals surface area contributed by atoms with Crippen molar-refractivity contribution in [1.82, 2.24) is 4.57 Å². The third-order valence-corrected chi connectivity index (χ3v) is 8.69. The maximum Gasteiger partial charge on any atom is 0.338 e. The largest absolute Gasteiger partial charge is 0.493 e. The number of carbonyl (C=O) groups excluding carboxylic acids is 1. The van der Waals surface area contributed by atoms with Gasteiger partial charge in [-0.05, 0) is 73.0 Å². The molecule has 1 atom stereocenters. The van der Waals surface area contributed by atoms with E-state index in [1.54, 1.807) is 62.4 Å². The molecule has 5 rings (SSSR count). The molecule has 0 bridgehead atoms. The molecule has 45 heavy (non-hydrogen) atoms. The molecule has 0 amide bonds. The van der Waals surface area contributed by atoms with Crippen molar-refractivity contribution < 1.29 is 28.7 Å². The first-order chi connectivity index (χ1) is 21.6. The molecule has 232 valence electrons. The Balaban J connectivity index is 1.55. The van der Waals surface area contributed by atoms with E-state index < -0.39 is 16.9 Å². The number of benzene rings is 3. The van der Waals surface area contributed by atoms with Crippen LogP contribution >= 0.6 is 27.3 Å². The Labute approximate surface area is 269 Å². The van der Waals surface area contributed by atoms with E-state index in [0.29, 0.717) is 47.9 Å². The van der Waals surface area contributed by atoms with Crippen LogP contribution in [0, 0.1) is 10.1 Å². The average Bonchev–Trinajstić information content (AvgIpc) is 3.33. The van der Waals surface area contributed by atoms with Crippen LogP contribution in [0.15, 0.2) is 86.2 Å². The monoisotopic (exact) mass is 693 g/mol. The van der Waals surface area contributed by atoms with Crippen molar-refractivity contribution in [3.05, 3.63) is 123 Å². The summed E-state index contributed by atoms with van der Waals surface area (Å²) in [6.07, 6.45) is 1.74. The van der Waals surface area contributed by atoms with Crippen LogP contribution in [0.3, 0.4) is 0 Å². The summed E-state index contributed by atoms with van der Waals surface area (Å²) in [4.78, 5) is 42.9. The second-order valence-electron chi connectivity index (χ2n) is 9.82. The summed E-state index contributed by atoms with van der Waals surface area (Å²) >= 11 is 4.81. The van der Waals surface area contributed by atoms with Gasteiger partial charge in [0.25, 0.3) is 11.2 Å². The van der Waals surface area contributed by atoms with Gasteiger partial charge in [0.15, 0.2) is 16.3 Å². The number of ether oxygens (including phenoxy) is 4. The van der Waals surface area contributed by atoms with Crippen molar-refractivity contribution in [2.24, 2.45) is 4.99 Å². The number of carbonyl (C=O) groups is 1. The summed E-state index contributed by atoms with van der Waals surface area (Å²) in [5.41, 5.74) is 2.43. The number of nitro benzene ring substituents is 1. The number of hydrogen-bond acceptors (Lipinski definition) is 10. The van der Waals surface area contributed by atoms with Crippen LogP contribution in [0.4, 0.5) is 5.69 Å². The Morgan fingerprint density at radius 2 is 1.82 bits per heavy atom. The number of aromatic nitrogens is 1. The summed E-state index contributed by atoms with van der Waals surface area (Å²) in [6.45, 7) is 3.80. The van der Waals surface area contributed by atoms with Gasteiger partial charge in [0.05, 0.1) is 47.6 Å². The highest BCUT2D eigenvalue weighted by molar-refractivity contribution is 9.10. The number of non-ortho nitro benzene ring substituents is 1. The molecule has 1 aromatic heterocycles. The Morgan fingerprint density at radius 3 is 2.49 bits per heavy atom. The second kappa shape index (κ2) is 13.5. The lowest BCUT2D eigenvalue weighted by molar-refractivity contribution is -0.384. The molecule has 3 aromatic carbocycles. The lowest BCUT2D eigenvalue weighted by atomic mass is 9.95. The SMILES string of the molecule is CCOC(=O)C1=C(C)N=c2s/c(=C\c3cccc(OCc4ccc([N+](=O)[O-])cc4)c3)c(=O)n2[C@@H]1c1cc(OC)c(OC)cc1Br. The minimum atomic E-state index is -0.854. The molecular formula is C32H28BrN3O8S. The molecule has 0 radical (unpaired) electrons. The number of esters is 1. The van der Waals surface area contributed by atoms with Crippen molar-refractivity contribution in [3.8, 4) is 17.2 Å². The zero-order valence-electron chi connectivity index (χ0n) is 24.7. The van der Waals surface area contributed by atoms with Crippen LogP contribution in [0.5, 0.6) is 17.2 Å². The van der Waals surface area contributed by atoms with Crippen LogP contribution in [0.1, 0.15) is 36.6 Å². The van der Waals surface area contributed by atoms with Gasteiger partial charge in [-0.25, -0.2) is 9.79 Å². The van der Waals surface area contributed by atoms with E-state index in [9.17, 15) is 19.7 Å². The van der Waals surface area contributed by atoms with Crippen molar-refractivity contribution in [2.45, 2.75) is 26.5 Å². The van der Waals surface area contributed by atoms with Gasteiger partial charge in [-0.15, -0.1) is 0 Å². The highest BCUT2D eigenvalue weighted by Gasteiger charge is 2.35. The van der Waals surface area contributed by atoms with E-state index in [2.05, 4.69) is 20.9 Å². The van der Waals surface area contributed by atoms with E-state index in [1.165, 1.54) is 42.3 Å². The van der Waals surface area contributed by atoms with Crippen LogP contribution in [-0.4, -0.2) is 36.3 Å². The number of halogens is 1. The van der Waals surface area contributed by atoms with Gasteiger partial charge in [0.1, 0.15) is 12.4 Å². The topological polar surface area (TPSA) is 131 Å². The predicted octanol–water partition coefficient (Wildman–Crippen LogP) is 5.07. The molecule has 0 spiro atoms. The second-order valence-corrected chi connectivity index (χ2v) is 11.7. The zero-order chi connectivity index (χ0) is 32.2. The van der Waals surface area contributed by atoms with E-state index in [-0.39, 0.29) is 30.0 Å². The standard InChI is InChI=1S/C32H28BrN3O8S/c1-5-43-31(38)28-18(2)34-32-35(29(28)23-15-25(41-3)26(42-4)16-24(23)33)30(37)27(45-32)14-20-7-6-8-22(13-20)44-17-19-9-11-21(12-10-19)36(39)40/h6-16,29H,5,17H2,1-4H3/b27-14-/t29-/m1/s1. The smallest absolute Gasteiger partial charge is 0.338 e. The van der Waals surface area contributed by atoms with Crippen molar-refractivity contribution in [3.63, 3.8) is 0 Å². The van der Waals surface area contributed by atoms with Gasteiger partial charge in [0, 0.05) is 16.6 Å². The van der Waals surface area contributed by atoms with Crippen LogP contribution < -0.4 is 29.1 Å².